The Balaban J connectivity index is 2.14. The molecule has 1 aromatic rings. The number of rotatable bonds is 7. The number of hydrogen-bond acceptors (Lipinski definition) is 6. The molecule has 3 N–H and O–H groups in total. The van der Waals surface area contributed by atoms with Crippen LogP contribution in [-0.2, 0) is 4.79 Å². The lowest BCUT2D eigenvalue weighted by atomic mass is 9.96. The number of nitro groups is 1. The van der Waals surface area contributed by atoms with Gasteiger partial charge in [-0.1, -0.05) is 0 Å². The number of ether oxygens (including phenoxy) is 2. The molecule has 1 saturated carbocycles. The van der Waals surface area contributed by atoms with E-state index in [4.69, 9.17) is 15.2 Å². The predicted octanol–water partition coefficient (Wildman–Crippen LogP) is 1.17. The quantitative estimate of drug-likeness (QED) is 0.571. The van der Waals surface area contributed by atoms with Crippen molar-refractivity contribution in [3.63, 3.8) is 0 Å². The number of benzene rings is 1. The molecule has 2 rings (SSSR count). The summed E-state index contributed by atoms with van der Waals surface area (Å²) in [7, 11) is 1.32. The molecule has 1 fully saturated rings. The molecule has 0 aliphatic heterocycles. The van der Waals surface area contributed by atoms with Gasteiger partial charge in [0.25, 0.3) is 0 Å². The van der Waals surface area contributed by atoms with Crippen molar-refractivity contribution in [3.05, 3.63) is 28.3 Å². The van der Waals surface area contributed by atoms with E-state index in [9.17, 15) is 20.0 Å². The zero-order valence-corrected chi connectivity index (χ0v) is 11.4. The van der Waals surface area contributed by atoms with E-state index in [2.05, 4.69) is 0 Å². The van der Waals surface area contributed by atoms with Gasteiger partial charge >= 0.3 is 11.7 Å². The molecule has 1 aliphatic rings. The van der Waals surface area contributed by atoms with Crippen molar-refractivity contribution in [3.8, 4) is 11.5 Å². The van der Waals surface area contributed by atoms with E-state index in [0.717, 1.165) is 12.8 Å². The number of carbonyl (C=O) groups is 1. The summed E-state index contributed by atoms with van der Waals surface area (Å²) in [5.74, 6) is -0.970. The van der Waals surface area contributed by atoms with Gasteiger partial charge in [0.05, 0.1) is 18.1 Å². The molecule has 0 aromatic heterocycles. The molecule has 0 amide bonds. The zero-order valence-electron chi connectivity index (χ0n) is 11.4. The first-order valence-electron chi connectivity index (χ1n) is 6.36. The van der Waals surface area contributed by atoms with Crippen molar-refractivity contribution in [1.82, 2.24) is 0 Å². The molecular formula is C13H16N2O6. The predicted molar refractivity (Wildman–Crippen MR) is 72.4 cm³/mol. The number of methoxy groups -OCH3 is 1. The van der Waals surface area contributed by atoms with Crippen molar-refractivity contribution in [2.75, 3.05) is 13.7 Å². The van der Waals surface area contributed by atoms with Gasteiger partial charge in [-0.05, 0) is 30.9 Å². The van der Waals surface area contributed by atoms with Gasteiger partial charge in [-0.15, -0.1) is 0 Å². The minimum atomic E-state index is -1.46. The van der Waals surface area contributed by atoms with E-state index >= 15 is 0 Å². The van der Waals surface area contributed by atoms with Gasteiger partial charge in [0.2, 0.25) is 0 Å². The molecule has 21 heavy (non-hydrogen) atoms. The number of hydrogen-bond donors (Lipinski definition) is 2. The van der Waals surface area contributed by atoms with Crippen molar-refractivity contribution in [2.45, 2.75) is 18.4 Å². The second kappa shape index (κ2) is 5.57. The zero-order chi connectivity index (χ0) is 15.6. The fourth-order valence-electron chi connectivity index (χ4n) is 2.06. The lowest BCUT2D eigenvalue weighted by Gasteiger charge is -2.24. The van der Waals surface area contributed by atoms with Gasteiger partial charge < -0.3 is 20.3 Å². The highest BCUT2D eigenvalue weighted by Crippen LogP contribution is 2.39. The molecule has 0 bridgehead atoms. The minimum Gasteiger partial charge on any atom is -0.491 e. The number of aliphatic carboxylic acids is 1. The number of carboxylic acids is 1. The van der Waals surface area contributed by atoms with Crippen LogP contribution in [0, 0.1) is 16.0 Å². The van der Waals surface area contributed by atoms with Crippen LogP contribution in [0.25, 0.3) is 0 Å². The Hall–Kier alpha value is -2.35. The summed E-state index contributed by atoms with van der Waals surface area (Å²) in [5.41, 5.74) is 4.15. The van der Waals surface area contributed by atoms with Crippen LogP contribution >= 0.6 is 0 Å². The summed E-state index contributed by atoms with van der Waals surface area (Å²) in [6, 6.07) is 4.05. The Morgan fingerprint density at radius 2 is 2.24 bits per heavy atom. The summed E-state index contributed by atoms with van der Waals surface area (Å²) in [6.07, 6.45) is 1.49. The second-order valence-electron chi connectivity index (χ2n) is 5.00. The molecular weight excluding hydrogens is 280 g/mol. The lowest BCUT2D eigenvalue weighted by molar-refractivity contribution is -0.385. The molecule has 0 heterocycles. The number of nitrogens with zero attached hydrogens (tertiary/aromatic N) is 1. The van der Waals surface area contributed by atoms with Crippen molar-refractivity contribution in [1.29, 1.82) is 0 Å². The van der Waals surface area contributed by atoms with Gasteiger partial charge in [0, 0.05) is 0 Å². The Labute approximate surface area is 120 Å². The Morgan fingerprint density at radius 1 is 1.57 bits per heavy atom. The smallest absolute Gasteiger partial charge is 0.327 e. The van der Waals surface area contributed by atoms with Gasteiger partial charge in [0.1, 0.15) is 12.4 Å². The summed E-state index contributed by atoms with van der Waals surface area (Å²) in [6.45, 7) is -0.240. The summed E-state index contributed by atoms with van der Waals surface area (Å²) >= 11 is 0. The largest absolute Gasteiger partial charge is 0.491 e. The molecule has 8 heteroatoms. The Morgan fingerprint density at radius 3 is 2.71 bits per heavy atom. The third-order valence-electron chi connectivity index (χ3n) is 3.53. The Kier molecular flexibility index (Phi) is 3.99. The molecule has 1 aliphatic carbocycles. The number of nitrogens with two attached hydrogens (primary N) is 1. The summed E-state index contributed by atoms with van der Waals surface area (Å²) in [5, 5.41) is 20.1. The van der Waals surface area contributed by atoms with Crippen molar-refractivity contribution >= 4 is 11.7 Å². The third-order valence-corrected chi connectivity index (χ3v) is 3.53. The maximum atomic E-state index is 11.3. The van der Waals surface area contributed by atoms with Crippen LogP contribution in [0.1, 0.15) is 12.8 Å². The van der Waals surface area contributed by atoms with Gasteiger partial charge in [-0.25, -0.2) is 0 Å². The van der Waals surface area contributed by atoms with E-state index in [1.54, 1.807) is 0 Å². The number of carboxylic acid groups (broad SMARTS) is 1. The maximum absolute atomic E-state index is 11.3. The molecule has 0 radical (unpaired) electrons. The monoisotopic (exact) mass is 296 g/mol. The highest BCUT2D eigenvalue weighted by molar-refractivity contribution is 5.79. The van der Waals surface area contributed by atoms with Crippen molar-refractivity contribution < 1.29 is 24.3 Å². The van der Waals surface area contributed by atoms with Crippen LogP contribution in [-0.4, -0.2) is 35.3 Å². The first-order valence-corrected chi connectivity index (χ1v) is 6.36. The Bertz CT molecular complexity index is 572. The minimum absolute atomic E-state index is 0.104. The van der Waals surface area contributed by atoms with Crippen LogP contribution in [0.4, 0.5) is 5.69 Å². The highest BCUT2D eigenvalue weighted by Gasteiger charge is 2.49. The van der Waals surface area contributed by atoms with E-state index in [1.165, 1.54) is 25.3 Å². The van der Waals surface area contributed by atoms with Crippen LogP contribution in [0.3, 0.4) is 0 Å². The standard InChI is InChI=1S/C13H16N2O6/c1-20-11-5-4-9(6-10(11)15(18)19)21-7-13(14,12(16)17)8-2-3-8/h4-6,8H,2-3,7,14H2,1H3,(H,16,17). The lowest BCUT2D eigenvalue weighted by Crippen LogP contribution is -2.54. The van der Waals surface area contributed by atoms with Gasteiger partial charge in [-0.2, -0.15) is 0 Å². The van der Waals surface area contributed by atoms with E-state index < -0.39 is 16.4 Å². The molecule has 1 aromatic carbocycles. The molecule has 0 spiro atoms. The normalized spacial score (nSPS) is 16.9. The molecule has 1 atom stereocenters. The van der Waals surface area contributed by atoms with E-state index in [1.807, 2.05) is 0 Å². The van der Waals surface area contributed by atoms with Crippen LogP contribution in [0.15, 0.2) is 18.2 Å². The average molecular weight is 296 g/mol. The first kappa shape index (κ1) is 15.0. The second-order valence-corrected chi connectivity index (χ2v) is 5.00. The van der Waals surface area contributed by atoms with Crippen LogP contribution in [0.5, 0.6) is 11.5 Å². The van der Waals surface area contributed by atoms with E-state index in [-0.39, 0.29) is 29.7 Å². The summed E-state index contributed by atoms with van der Waals surface area (Å²) in [4.78, 5) is 21.6. The molecule has 1 unspecified atom stereocenters. The third kappa shape index (κ3) is 3.05. The summed E-state index contributed by atoms with van der Waals surface area (Å²) < 4.78 is 10.2. The molecule has 114 valence electrons. The highest BCUT2D eigenvalue weighted by atomic mass is 16.6. The number of nitro benzene ring substituents is 1. The SMILES string of the molecule is COc1ccc(OCC(N)(C(=O)O)C2CC2)cc1[N+](=O)[O-]. The van der Waals surface area contributed by atoms with Gasteiger partial charge in [0.15, 0.2) is 11.3 Å². The van der Waals surface area contributed by atoms with Crippen molar-refractivity contribution in [2.24, 2.45) is 11.7 Å². The average Bonchev–Trinajstić information content (AvgIpc) is 3.29. The van der Waals surface area contributed by atoms with E-state index in [0.29, 0.717) is 0 Å². The fourth-order valence-corrected chi connectivity index (χ4v) is 2.06. The first-order chi connectivity index (χ1) is 9.88. The topological polar surface area (TPSA) is 125 Å². The van der Waals surface area contributed by atoms with Gasteiger partial charge in [-0.3, -0.25) is 14.9 Å². The fraction of sp³-hybridized carbons (Fsp3) is 0.462. The molecule has 8 nitrogen and oxygen atoms in total. The maximum Gasteiger partial charge on any atom is 0.327 e. The van der Waals surface area contributed by atoms with Crippen LogP contribution in [0.2, 0.25) is 0 Å². The van der Waals surface area contributed by atoms with Crippen LogP contribution < -0.4 is 15.2 Å². The molecule has 0 saturated heterocycles.